The number of imidazole rings is 1. The van der Waals surface area contributed by atoms with Crippen molar-refractivity contribution >= 4 is 17.1 Å². The van der Waals surface area contributed by atoms with Crippen molar-refractivity contribution in [3.05, 3.63) is 52.3 Å². The molecule has 11 heteroatoms. The summed E-state index contributed by atoms with van der Waals surface area (Å²) in [6.07, 6.45) is 3.53. The van der Waals surface area contributed by atoms with Gasteiger partial charge in [0.15, 0.2) is 17.4 Å². The number of aliphatic hydroxyl groups excluding tert-OH is 1. The van der Waals surface area contributed by atoms with E-state index >= 15 is 0 Å². The van der Waals surface area contributed by atoms with Crippen LogP contribution in [0.5, 0.6) is 0 Å². The molecule has 3 heterocycles. The molecule has 3 aromatic rings. The summed E-state index contributed by atoms with van der Waals surface area (Å²) in [6, 6.07) is 5.85. The van der Waals surface area contributed by atoms with Crippen LogP contribution in [0.3, 0.4) is 0 Å². The van der Waals surface area contributed by atoms with Gasteiger partial charge >= 0.3 is 0 Å². The van der Waals surface area contributed by atoms with Gasteiger partial charge in [0.1, 0.15) is 11.9 Å². The Morgan fingerprint density at radius 2 is 2.21 bits per heavy atom. The molecule has 0 radical (unpaired) electrons. The molecule has 0 bridgehead atoms. The molecule has 1 saturated heterocycles. The predicted molar refractivity (Wildman–Crippen MR) is 98.7 cm³/mol. The second-order valence-electron chi connectivity index (χ2n) is 6.46. The van der Waals surface area contributed by atoms with Gasteiger partial charge in [-0.3, -0.25) is 19.8 Å². The second kappa shape index (κ2) is 7.25. The number of hydrogen-bond donors (Lipinski definition) is 4. The molecule has 0 aliphatic carbocycles. The van der Waals surface area contributed by atoms with Crippen LogP contribution >= 0.6 is 0 Å². The van der Waals surface area contributed by atoms with E-state index in [2.05, 4.69) is 25.8 Å². The number of benzene rings is 1. The molecule has 150 valence electrons. The summed E-state index contributed by atoms with van der Waals surface area (Å²) in [5, 5.41) is 9.83. The summed E-state index contributed by atoms with van der Waals surface area (Å²) >= 11 is 0. The van der Waals surface area contributed by atoms with Gasteiger partial charge in [-0.15, -0.1) is 6.42 Å². The Morgan fingerprint density at radius 3 is 2.93 bits per heavy atom. The van der Waals surface area contributed by atoms with Crippen molar-refractivity contribution in [3.8, 4) is 12.3 Å². The normalized spacial score (nSPS) is 23.9. The molecule has 4 rings (SSSR count). The zero-order chi connectivity index (χ0) is 20.6. The number of halogens is 2. The molecular weight excluding hydrogens is 386 g/mol. The lowest BCUT2D eigenvalue weighted by molar-refractivity contribution is -0.00952. The maximum Gasteiger partial charge on any atom is 0.280 e. The first-order valence-electron chi connectivity index (χ1n) is 8.59. The van der Waals surface area contributed by atoms with Crippen LogP contribution in [0.15, 0.2) is 35.4 Å². The highest BCUT2D eigenvalue weighted by atomic mass is 19.1. The van der Waals surface area contributed by atoms with Gasteiger partial charge < -0.3 is 9.84 Å². The third-order valence-corrected chi connectivity index (χ3v) is 4.58. The molecule has 0 spiro atoms. The minimum absolute atomic E-state index is 0.0243. The van der Waals surface area contributed by atoms with E-state index in [0.29, 0.717) is 6.54 Å². The number of ether oxygens (including phenoxy) is 1. The molecule has 0 unspecified atom stereocenters. The Morgan fingerprint density at radius 1 is 1.45 bits per heavy atom. The van der Waals surface area contributed by atoms with Crippen molar-refractivity contribution in [3.63, 3.8) is 0 Å². The van der Waals surface area contributed by atoms with Gasteiger partial charge in [-0.25, -0.2) is 19.2 Å². The summed E-state index contributed by atoms with van der Waals surface area (Å²) in [4.78, 5) is 22.9. The van der Waals surface area contributed by atoms with Gasteiger partial charge in [-0.1, -0.05) is 18.1 Å². The number of aromatic nitrogens is 4. The quantitative estimate of drug-likeness (QED) is 0.365. The Hall–Kier alpha value is -3.33. The summed E-state index contributed by atoms with van der Waals surface area (Å²) in [7, 11) is 0. The van der Waals surface area contributed by atoms with E-state index < -0.39 is 23.6 Å². The lowest BCUT2D eigenvalue weighted by atomic mass is 10.0. The van der Waals surface area contributed by atoms with Crippen LogP contribution in [0.25, 0.3) is 11.2 Å². The van der Waals surface area contributed by atoms with E-state index in [-0.39, 0.29) is 29.5 Å². The number of H-pyrrole nitrogens is 1. The Kier molecular flexibility index (Phi) is 4.75. The number of alkyl halides is 1. The van der Waals surface area contributed by atoms with Crippen molar-refractivity contribution < 1.29 is 18.6 Å². The standard InChI is InChI=1S/C18H16F2N6O3/c1-2-18(20)12(27)8-29-16(18)26-9-21-13-14(26)23-17(24-15(13)28)25-22-7-10-3-5-11(19)6-4-10/h1,3-6,9,12,16,22,27H,7-8H2,(H2,23,24,25,28)/t12-,16-,18-/m1/s1. The fourth-order valence-corrected chi connectivity index (χ4v) is 3.03. The first-order valence-corrected chi connectivity index (χ1v) is 8.59. The number of rotatable bonds is 5. The fraction of sp³-hybridized carbons (Fsp3) is 0.278. The van der Waals surface area contributed by atoms with Crippen LogP contribution in [0.1, 0.15) is 11.8 Å². The minimum Gasteiger partial charge on any atom is -0.386 e. The van der Waals surface area contributed by atoms with Gasteiger partial charge in [-0.05, 0) is 17.7 Å². The Bertz CT molecular complexity index is 1140. The van der Waals surface area contributed by atoms with Crippen molar-refractivity contribution in [1.82, 2.24) is 24.9 Å². The highest BCUT2D eigenvalue weighted by molar-refractivity contribution is 5.71. The summed E-state index contributed by atoms with van der Waals surface area (Å²) in [5.74, 6) is 1.61. The molecule has 1 aliphatic heterocycles. The van der Waals surface area contributed by atoms with Crippen molar-refractivity contribution in [1.29, 1.82) is 0 Å². The third-order valence-electron chi connectivity index (χ3n) is 4.58. The number of anilines is 1. The molecule has 1 fully saturated rings. The summed E-state index contributed by atoms with van der Waals surface area (Å²) in [5.41, 5.74) is 3.26. The second-order valence-corrected chi connectivity index (χ2v) is 6.46. The molecule has 0 saturated carbocycles. The zero-order valence-corrected chi connectivity index (χ0v) is 14.9. The topological polar surface area (TPSA) is 117 Å². The van der Waals surface area contributed by atoms with Crippen LogP contribution in [-0.4, -0.2) is 43.0 Å². The number of hydrogen-bond acceptors (Lipinski definition) is 7. The monoisotopic (exact) mass is 402 g/mol. The average molecular weight is 402 g/mol. The summed E-state index contributed by atoms with van der Waals surface area (Å²) in [6.45, 7) is 0.00245. The predicted octanol–water partition coefficient (Wildman–Crippen LogP) is 0.607. The third kappa shape index (κ3) is 3.33. The number of aromatic amines is 1. The number of aliphatic hydroxyl groups is 1. The van der Waals surface area contributed by atoms with Crippen LogP contribution in [0.4, 0.5) is 14.7 Å². The van der Waals surface area contributed by atoms with Gasteiger partial charge in [0.25, 0.3) is 5.56 Å². The van der Waals surface area contributed by atoms with Gasteiger partial charge in [-0.2, -0.15) is 4.98 Å². The Labute approximate surface area is 162 Å². The van der Waals surface area contributed by atoms with Gasteiger partial charge in [0, 0.05) is 6.54 Å². The summed E-state index contributed by atoms with van der Waals surface area (Å²) < 4.78 is 34.4. The molecule has 0 amide bonds. The van der Waals surface area contributed by atoms with E-state index in [0.717, 1.165) is 5.56 Å². The van der Waals surface area contributed by atoms with Crippen molar-refractivity contribution in [2.24, 2.45) is 0 Å². The molecule has 29 heavy (non-hydrogen) atoms. The number of terminal acetylenes is 1. The first kappa shape index (κ1) is 19.0. The number of nitrogens with zero attached hydrogens (tertiary/aromatic N) is 3. The first-order chi connectivity index (χ1) is 13.9. The SMILES string of the molecule is C#C[C@@]1(F)[C@H](O)CO[C@H]1n1cnc2c(=O)[nH]c(NNCc3ccc(F)cc3)nc21. The van der Waals surface area contributed by atoms with Gasteiger partial charge in [0.05, 0.1) is 12.9 Å². The smallest absolute Gasteiger partial charge is 0.280 e. The van der Waals surface area contributed by atoms with Crippen LogP contribution < -0.4 is 16.4 Å². The van der Waals surface area contributed by atoms with Crippen LogP contribution in [0.2, 0.25) is 0 Å². The minimum atomic E-state index is -2.49. The van der Waals surface area contributed by atoms with E-state index in [1.165, 1.54) is 23.0 Å². The highest BCUT2D eigenvalue weighted by Gasteiger charge is 2.52. The molecule has 3 atom stereocenters. The lowest BCUT2D eigenvalue weighted by Gasteiger charge is -2.23. The molecule has 9 nitrogen and oxygen atoms in total. The van der Waals surface area contributed by atoms with Crippen LogP contribution in [0, 0.1) is 18.2 Å². The Balaban J connectivity index is 1.59. The largest absolute Gasteiger partial charge is 0.386 e. The fourth-order valence-electron chi connectivity index (χ4n) is 3.03. The van der Waals surface area contributed by atoms with Gasteiger partial charge in [0.2, 0.25) is 11.6 Å². The molecular formula is C18H16F2N6O3. The molecule has 1 aliphatic rings. The molecule has 1 aromatic carbocycles. The van der Waals surface area contributed by atoms with E-state index in [1.54, 1.807) is 12.1 Å². The van der Waals surface area contributed by atoms with E-state index in [1.807, 2.05) is 5.92 Å². The number of hydrazine groups is 1. The highest BCUT2D eigenvalue weighted by Crippen LogP contribution is 2.38. The maximum atomic E-state index is 15.0. The molecule has 2 aromatic heterocycles. The van der Waals surface area contributed by atoms with Crippen molar-refractivity contribution in [2.75, 3.05) is 12.0 Å². The van der Waals surface area contributed by atoms with Crippen LogP contribution in [-0.2, 0) is 11.3 Å². The average Bonchev–Trinajstić information content (AvgIpc) is 3.25. The number of nitrogens with one attached hydrogen (secondary N) is 3. The molecule has 4 N–H and O–H groups in total. The lowest BCUT2D eigenvalue weighted by Crippen LogP contribution is -2.39. The van der Waals surface area contributed by atoms with E-state index in [9.17, 15) is 18.7 Å². The zero-order valence-electron chi connectivity index (χ0n) is 14.9. The number of fused-ring (bicyclic) bond motifs is 1. The maximum absolute atomic E-state index is 15.0. The van der Waals surface area contributed by atoms with E-state index in [4.69, 9.17) is 11.2 Å². The van der Waals surface area contributed by atoms with Crippen molar-refractivity contribution in [2.45, 2.75) is 24.5 Å².